The molecule has 13 heteroatoms. The molecule has 0 heterocycles. The molecule has 0 unspecified atom stereocenters. The fourth-order valence-corrected chi connectivity index (χ4v) is 5.49. The molecule has 0 radical (unpaired) electrons. The van der Waals surface area contributed by atoms with Gasteiger partial charge in [0.25, 0.3) is 0 Å². The zero-order valence-electron chi connectivity index (χ0n) is 29.8. The first-order valence-corrected chi connectivity index (χ1v) is 17.0. The number of carbonyl (C=O) groups is 5. The average molecular weight is 715 g/mol. The number of esters is 1. The van der Waals surface area contributed by atoms with Crippen LogP contribution in [0.5, 0.6) is 0 Å². The zero-order valence-corrected chi connectivity index (χ0v) is 29.8. The topological polar surface area (TPSA) is 153 Å². The Morgan fingerprint density at radius 1 is 0.731 bits per heavy atom. The van der Waals surface area contributed by atoms with E-state index in [0.717, 1.165) is 37.6 Å². The molecule has 0 fully saturated rings. The number of benzene rings is 3. The SMILES string of the molecule is C=CCOC(=O)CN(CCNC(=O)CN(CCNC(=O)OC(C)(C)C)C(=O)OCc1ccccc1)C(=O)OCC1c2ccccc2-c2ccccc21. The van der Waals surface area contributed by atoms with Crippen molar-refractivity contribution >= 4 is 30.2 Å². The summed E-state index contributed by atoms with van der Waals surface area (Å²) >= 11 is 0. The Morgan fingerprint density at radius 2 is 1.29 bits per heavy atom. The molecule has 1 aliphatic rings. The molecule has 2 N–H and O–H groups in total. The van der Waals surface area contributed by atoms with E-state index in [-0.39, 0.29) is 51.9 Å². The van der Waals surface area contributed by atoms with Crippen LogP contribution in [0.2, 0.25) is 0 Å². The van der Waals surface area contributed by atoms with Crippen molar-refractivity contribution in [2.75, 3.05) is 52.5 Å². The van der Waals surface area contributed by atoms with E-state index in [1.54, 1.807) is 32.9 Å². The molecular formula is C39H46N4O9. The molecule has 0 aliphatic heterocycles. The Kier molecular flexibility index (Phi) is 14.2. The molecule has 0 bridgehead atoms. The van der Waals surface area contributed by atoms with Crippen LogP contribution in [-0.4, -0.2) is 98.0 Å². The lowest BCUT2D eigenvalue weighted by Crippen LogP contribution is -2.47. The van der Waals surface area contributed by atoms with E-state index < -0.39 is 48.8 Å². The normalized spacial score (nSPS) is 11.7. The van der Waals surface area contributed by atoms with Gasteiger partial charge >= 0.3 is 24.2 Å². The van der Waals surface area contributed by atoms with Crippen molar-refractivity contribution in [1.29, 1.82) is 0 Å². The van der Waals surface area contributed by atoms with E-state index in [0.29, 0.717) is 0 Å². The second-order valence-electron chi connectivity index (χ2n) is 12.9. The fraction of sp³-hybridized carbons (Fsp3) is 0.359. The van der Waals surface area contributed by atoms with Gasteiger partial charge in [0, 0.05) is 32.1 Å². The molecule has 0 atom stereocenters. The average Bonchev–Trinajstić information content (AvgIpc) is 3.44. The number of amides is 4. The van der Waals surface area contributed by atoms with Crippen LogP contribution in [0.25, 0.3) is 11.1 Å². The van der Waals surface area contributed by atoms with E-state index in [4.69, 9.17) is 18.9 Å². The van der Waals surface area contributed by atoms with Crippen molar-refractivity contribution in [3.63, 3.8) is 0 Å². The number of hydrogen-bond donors (Lipinski definition) is 2. The molecule has 3 aromatic carbocycles. The van der Waals surface area contributed by atoms with E-state index in [2.05, 4.69) is 17.2 Å². The Bertz CT molecular complexity index is 1660. The first-order valence-electron chi connectivity index (χ1n) is 17.0. The van der Waals surface area contributed by atoms with Gasteiger partial charge in [0.1, 0.15) is 38.5 Å². The molecule has 0 spiro atoms. The van der Waals surface area contributed by atoms with Crippen molar-refractivity contribution in [2.24, 2.45) is 0 Å². The van der Waals surface area contributed by atoms with Gasteiger partial charge in [-0.3, -0.25) is 19.4 Å². The quantitative estimate of drug-likeness (QED) is 0.115. The Labute approximate surface area is 303 Å². The number of alkyl carbamates (subject to hydrolysis) is 1. The van der Waals surface area contributed by atoms with Crippen molar-refractivity contribution in [3.05, 3.63) is 108 Å². The molecule has 0 saturated carbocycles. The van der Waals surface area contributed by atoms with Gasteiger partial charge in [-0.05, 0) is 48.6 Å². The monoisotopic (exact) mass is 714 g/mol. The predicted octanol–water partition coefficient (Wildman–Crippen LogP) is 5.25. The van der Waals surface area contributed by atoms with Crippen LogP contribution in [0, 0.1) is 0 Å². The van der Waals surface area contributed by atoms with Crippen molar-refractivity contribution in [3.8, 4) is 11.1 Å². The third kappa shape index (κ3) is 11.9. The highest BCUT2D eigenvalue weighted by Crippen LogP contribution is 2.44. The number of fused-ring (bicyclic) bond motifs is 3. The van der Waals surface area contributed by atoms with Gasteiger partial charge in [-0.2, -0.15) is 0 Å². The first-order chi connectivity index (χ1) is 24.9. The van der Waals surface area contributed by atoms with Crippen LogP contribution in [0.15, 0.2) is 91.5 Å². The standard InChI is InChI=1S/C39H46N4O9/c1-5-23-49-35(45)25-43(38(48)51-27-33-31-17-11-9-15-29(31)30-16-10-12-18-32(30)33)21-19-40-34(44)24-42(22-20-41-36(46)52-39(2,3)4)37(47)50-26-28-13-7-6-8-14-28/h5-18,33H,1,19-27H2,2-4H3,(H,40,44)(H,41,46). The summed E-state index contributed by atoms with van der Waals surface area (Å²) in [4.78, 5) is 66.4. The summed E-state index contributed by atoms with van der Waals surface area (Å²) < 4.78 is 21.5. The second kappa shape index (κ2) is 18.9. The Morgan fingerprint density at radius 3 is 1.90 bits per heavy atom. The third-order valence-corrected chi connectivity index (χ3v) is 7.83. The lowest BCUT2D eigenvalue weighted by atomic mass is 9.98. The summed E-state index contributed by atoms with van der Waals surface area (Å²) in [6.07, 6.45) is -0.786. The molecule has 13 nitrogen and oxygen atoms in total. The molecule has 1 aliphatic carbocycles. The van der Waals surface area contributed by atoms with Crippen molar-refractivity contribution < 1.29 is 42.9 Å². The van der Waals surface area contributed by atoms with Gasteiger partial charge in [0.15, 0.2) is 0 Å². The number of carbonyl (C=O) groups excluding carboxylic acids is 5. The second-order valence-corrected chi connectivity index (χ2v) is 12.9. The summed E-state index contributed by atoms with van der Waals surface area (Å²) in [5.41, 5.74) is 4.26. The minimum absolute atomic E-state index is 0.00892. The highest BCUT2D eigenvalue weighted by Gasteiger charge is 2.30. The van der Waals surface area contributed by atoms with E-state index in [9.17, 15) is 24.0 Å². The molecular weight excluding hydrogens is 668 g/mol. The molecule has 0 aromatic heterocycles. The van der Waals surface area contributed by atoms with E-state index in [1.165, 1.54) is 6.08 Å². The lowest BCUT2D eigenvalue weighted by Gasteiger charge is -2.24. The summed E-state index contributed by atoms with van der Waals surface area (Å²) in [5, 5.41) is 5.25. The van der Waals surface area contributed by atoms with Gasteiger partial charge < -0.3 is 29.6 Å². The zero-order chi connectivity index (χ0) is 37.5. The largest absolute Gasteiger partial charge is 0.460 e. The van der Waals surface area contributed by atoms with Crippen LogP contribution in [0.4, 0.5) is 14.4 Å². The third-order valence-electron chi connectivity index (χ3n) is 7.83. The summed E-state index contributed by atoms with van der Waals surface area (Å²) in [6, 6.07) is 24.9. The number of rotatable bonds is 16. The van der Waals surface area contributed by atoms with Crippen LogP contribution < -0.4 is 10.6 Å². The van der Waals surface area contributed by atoms with Gasteiger partial charge in [-0.25, -0.2) is 14.4 Å². The molecule has 52 heavy (non-hydrogen) atoms. The van der Waals surface area contributed by atoms with Crippen LogP contribution in [-0.2, 0) is 35.1 Å². The number of hydrogen-bond acceptors (Lipinski definition) is 9. The van der Waals surface area contributed by atoms with Crippen molar-refractivity contribution in [2.45, 2.75) is 38.9 Å². The number of ether oxygens (including phenoxy) is 4. The van der Waals surface area contributed by atoms with Gasteiger partial charge in [0.2, 0.25) is 5.91 Å². The van der Waals surface area contributed by atoms with Crippen LogP contribution >= 0.6 is 0 Å². The minimum atomic E-state index is -0.768. The lowest BCUT2D eigenvalue weighted by molar-refractivity contribution is -0.143. The Balaban J connectivity index is 1.35. The first kappa shape index (κ1) is 38.9. The molecule has 3 aromatic rings. The summed E-state index contributed by atoms with van der Waals surface area (Å²) in [7, 11) is 0. The minimum Gasteiger partial charge on any atom is -0.460 e. The van der Waals surface area contributed by atoms with Gasteiger partial charge in [0.05, 0.1) is 0 Å². The van der Waals surface area contributed by atoms with Crippen LogP contribution in [0.3, 0.4) is 0 Å². The predicted molar refractivity (Wildman–Crippen MR) is 193 cm³/mol. The van der Waals surface area contributed by atoms with Crippen molar-refractivity contribution in [1.82, 2.24) is 20.4 Å². The smallest absolute Gasteiger partial charge is 0.410 e. The highest BCUT2D eigenvalue weighted by molar-refractivity contribution is 5.83. The maximum atomic E-state index is 13.4. The maximum Gasteiger partial charge on any atom is 0.410 e. The maximum absolute atomic E-state index is 13.4. The van der Waals surface area contributed by atoms with E-state index >= 15 is 0 Å². The van der Waals surface area contributed by atoms with Gasteiger partial charge in [-0.15, -0.1) is 0 Å². The highest BCUT2D eigenvalue weighted by atomic mass is 16.6. The number of nitrogens with one attached hydrogen (secondary N) is 2. The molecule has 276 valence electrons. The fourth-order valence-electron chi connectivity index (χ4n) is 5.49. The van der Waals surface area contributed by atoms with Crippen LogP contribution in [0.1, 0.15) is 43.4 Å². The van der Waals surface area contributed by atoms with E-state index in [1.807, 2.05) is 66.7 Å². The summed E-state index contributed by atoms with van der Waals surface area (Å²) in [5.74, 6) is -1.43. The van der Waals surface area contributed by atoms with Gasteiger partial charge in [-0.1, -0.05) is 91.5 Å². The number of nitrogens with zero attached hydrogens (tertiary/aromatic N) is 2. The Hall–Kier alpha value is -5.85. The molecule has 4 amide bonds. The summed E-state index contributed by atoms with van der Waals surface area (Å²) in [6.45, 7) is 7.64. The molecule has 4 rings (SSSR count). The molecule has 0 saturated heterocycles.